The standard InChI is InChI=1S/C24H33NO5/c1-16(2)22(19-10-8-7-9-11-19)25(24(4,5)6)30-17(3)20-12-18(15-29-28)13-21(14-20)23(26)27/h7-14,16-17,22,28H,15H2,1-6H3,(H,26,27). The molecule has 0 saturated heterocycles. The minimum absolute atomic E-state index is 0.0107. The first-order chi connectivity index (χ1) is 14.0. The van der Waals surface area contributed by atoms with Gasteiger partial charge in [-0.1, -0.05) is 50.2 Å². The van der Waals surface area contributed by atoms with Gasteiger partial charge in [0.15, 0.2) is 0 Å². The summed E-state index contributed by atoms with van der Waals surface area (Å²) in [5, 5.41) is 20.3. The average molecular weight is 416 g/mol. The van der Waals surface area contributed by atoms with E-state index in [1.807, 2.05) is 30.2 Å². The zero-order valence-corrected chi connectivity index (χ0v) is 18.6. The van der Waals surface area contributed by atoms with Gasteiger partial charge in [-0.2, -0.15) is 5.06 Å². The quantitative estimate of drug-likeness (QED) is 0.394. The molecule has 2 unspecified atom stereocenters. The van der Waals surface area contributed by atoms with Crippen LogP contribution in [0.2, 0.25) is 0 Å². The minimum Gasteiger partial charge on any atom is -0.478 e. The van der Waals surface area contributed by atoms with Gasteiger partial charge in [-0.05, 0) is 62.4 Å². The van der Waals surface area contributed by atoms with Crippen LogP contribution in [0.5, 0.6) is 0 Å². The number of hydrogen-bond donors (Lipinski definition) is 2. The first kappa shape index (κ1) is 24.0. The lowest BCUT2D eigenvalue weighted by molar-refractivity contribution is -0.272. The molecular weight excluding hydrogens is 382 g/mol. The van der Waals surface area contributed by atoms with Crippen LogP contribution in [-0.4, -0.2) is 26.9 Å². The van der Waals surface area contributed by atoms with Crippen molar-refractivity contribution in [2.24, 2.45) is 5.92 Å². The summed E-state index contributed by atoms with van der Waals surface area (Å²) in [6, 6.07) is 15.1. The highest BCUT2D eigenvalue weighted by molar-refractivity contribution is 5.88. The topological polar surface area (TPSA) is 79.2 Å². The normalized spacial score (nSPS) is 14.2. The van der Waals surface area contributed by atoms with Gasteiger partial charge < -0.3 is 5.11 Å². The Kier molecular flexibility index (Phi) is 8.15. The molecule has 164 valence electrons. The van der Waals surface area contributed by atoms with E-state index in [1.165, 1.54) is 6.07 Å². The second-order valence-electron chi connectivity index (χ2n) is 8.89. The van der Waals surface area contributed by atoms with E-state index in [9.17, 15) is 9.90 Å². The average Bonchev–Trinajstić information content (AvgIpc) is 2.67. The number of hydroxylamine groups is 2. The summed E-state index contributed by atoms with van der Waals surface area (Å²) in [4.78, 5) is 22.2. The molecule has 2 atom stereocenters. The maximum Gasteiger partial charge on any atom is 0.335 e. The lowest BCUT2D eigenvalue weighted by Crippen LogP contribution is -2.46. The van der Waals surface area contributed by atoms with Gasteiger partial charge in [0.25, 0.3) is 0 Å². The summed E-state index contributed by atoms with van der Waals surface area (Å²) in [6.07, 6.45) is -0.411. The van der Waals surface area contributed by atoms with Crippen molar-refractivity contribution in [3.05, 3.63) is 70.8 Å². The number of aromatic carboxylic acids is 1. The van der Waals surface area contributed by atoms with Crippen molar-refractivity contribution < 1.29 is 24.9 Å². The van der Waals surface area contributed by atoms with Gasteiger partial charge >= 0.3 is 5.97 Å². The van der Waals surface area contributed by atoms with Crippen molar-refractivity contribution in [3.8, 4) is 0 Å². The van der Waals surface area contributed by atoms with Crippen molar-refractivity contribution in [1.29, 1.82) is 0 Å². The lowest BCUT2D eigenvalue weighted by Gasteiger charge is -2.44. The summed E-state index contributed by atoms with van der Waals surface area (Å²) < 4.78 is 0. The van der Waals surface area contributed by atoms with E-state index in [0.29, 0.717) is 11.1 Å². The molecule has 2 N–H and O–H groups in total. The molecule has 6 heteroatoms. The number of rotatable bonds is 9. The van der Waals surface area contributed by atoms with Crippen molar-refractivity contribution in [3.63, 3.8) is 0 Å². The highest BCUT2D eigenvalue weighted by atomic mass is 17.1. The molecule has 2 rings (SSSR count). The Morgan fingerprint density at radius 2 is 1.67 bits per heavy atom. The number of benzene rings is 2. The maximum atomic E-state index is 11.5. The number of nitrogens with zero attached hydrogens (tertiary/aromatic N) is 1. The molecule has 0 radical (unpaired) electrons. The SMILES string of the molecule is CC(ON(C(c1ccccc1)C(C)C)C(C)(C)C)c1cc(COO)cc(C(=O)O)c1. The fraction of sp³-hybridized carbons (Fsp3) is 0.458. The van der Waals surface area contributed by atoms with Crippen molar-refractivity contribution in [2.45, 2.75) is 65.8 Å². The van der Waals surface area contributed by atoms with Crippen LogP contribution in [0.25, 0.3) is 0 Å². The van der Waals surface area contributed by atoms with Gasteiger partial charge in [0.1, 0.15) is 12.7 Å². The predicted molar refractivity (Wildman–Crippen MR) is 116 cm³/mol. The molecule has 0 saturated carbocycles. The van der Waals surface area contributed by atoms with E-state index in [-0.39, 0.29) is 29.7 Å². The van der Waals surface area contributed by atoms with Gasteiger partial charge in [-0.3, -0.25) is 10.1 Å². The molecule has 0 aliphatic carbocycles. The van der Waals surface area contributed by atoms with Crippen LogP contribution in [0.3, 0.4) is 0 Å². The molecule has 0 heterocycles. The zero-order chi connectivity index (χ0) is 22.5. The molecule has 0 aromatic heterocycles. The Morgan fingerprint density at radius 3 is 2.17 bits per heavy atom. The van der Waals surface area contributed by atoms with Crippen molar-refractivity contribution in [1.82, 2.24) is 5.06 Å². The van der Waals surface area contributed by atoms with Gasteiger partial charge in [-0.15, -0.1) is 0 Å². The van der Waals surface area contributed by atoms with Gasteiger partial charge in [0, 0.05) is 5.54 Å². The highest BCUT2D eigenvalue weighted by Crippen LogP contribution is 2.37. The molecular formula is C24H33NO5. The van der Waals surface area contributed by atoms with Crippen LogP contribution >= 0.6 is 0 Å². The first-order valence-electron chi connectivity index (χ1n) is 10.2. The van der Waals surface area contributed by atoms with E-state index >= 15 is 0 Å². The van der Waals surface area contributed by atoms with Gasteiger partial charge in [0.2, 0.25) is 0 Å². The Morgan fingerprint density at radius 1 is 1.03 bits per heavy atom. The summed E-state index contributed by atoms with van der Waals surface area (Å²) >= 11 is 0. The zero-order valence-electron chi connectivity index (χ0n) is 18.6. The largest absolute Gasteiger partial charge is 0.478 e. The molecule has 2 aromatic rings. The lowest BCUT2D eigenvalue weighted by atomic mass is 9.92. The smallest absolute Gasteiger partial charge is 0.335 e. The Hall–Kier alpha value is -2.25. The van der Waals surface area contributed by atoms with Crippen molar-refractivity contribution in [2.75, 3.05) is 0 Å². The van der Waals surface area contributed by atoms with E-state index in [0.717, 1.165) is 5.56 Å². The fourth-order valence-corrected chi connectivity index (χ4v) is 3.55. The Balaban J connectivity index is 2.42. The maximum absolute atomic E-state index is 11.5. The third-order valence-corrected chi connectivity index (χ3v) is 4.92. The van der Waals surface area contributed by atoms with Crippen LogP contribution < -0.4 is 0 Å². The molecule has 6 nitrogen and oxygen atoms in total. The molecule has 30 heavy (non-hydrogen) atoms. The number of hydrogen-bond acceptors (Lipinski definition) is 5. The molecule has 0 bridgehead atoms. The number of carboxylic acid groups (broad SMARTS) is 1. The summed E-state index contributed by atoms with van der Waals surface area (Å²) in [6.45, 7) is 12.4. The van der Waals surface area contributed by atoms with Crippen LogP contribution in [-0.2, 0) is 16.3 Å². The predicted octanol–water partition coefficient (Wildman–Crippen LogP) is 5.86. The van der Waals surface area contributed by atoms with Gasteiger partial charge in [-0.25, -0.2) is 9.68 Å². The van der Waals surface area contributed by atoms with Crippen LogP contribution in [0.4, 0.5) is 0 Å². The molecule has 0 fully saturated rings. The monoisotopic (exact) mass is 415 g/mol. The fourth-order valence-electron chi connectivity index (χ4n) is 3.55. The third-order valence-electron chi connectivity index (χ3n) is 4.92. The third kappa shape index (κ3) is 6.12. The summed E-state index contributed by atoms with van der Waals surface area (Å²) in [5.41, 5.74) is 2.24. The second-order valence-corrected chi connectivity index (χ2v) is 8.89. The summed E-state index contributed by atoms with van der Waals surface area (Å²) in [5.74, 6) is -0.761. The number of carbonyl (C=O) groups is 1. The van der Waals surface area contributed by atoms with Crippen LogP contribution in [0.1, 0.15) is 80.7 Å². The molecule has 2 aromatic carbocycles. The number of carboxylic acids is 1. The van der Waals surface area contributed by atoms with Crippen LogP contribution in [0, 0.1) is 5.92 Å². The molecule has 0 aliphatic heterocycles. The van der Waals surface area contributed by atoms with E-state index in [2.05, 4.69) is 51.6 Å². The minimum atomic E-state index is -1.04. The Bertz CT molecular complexity index is 829. The van der Waals surface area contributed by atoms with E-state index < -0.39 is 12.1 Å². The molecule has 0 amide bonds. The molecule has 0 spiro atoms. The van der Waals surface area contributed by atoms with E-state index in [4.69, 9.17) is 10.1 Å². The van der Waals surface area contributed by atoms with Crippen LogP contribution in [0.15, 0.2) is 48.5 Å². The highest BCUT2D eigenvalue weighted by Gasteiger charge is 2.34. The van der Waals surface area contributed by atoms with Crippen molar-refractivity contribution >= 4 is 5.97 Å². The summed E-state index contributed by atoms with van der Waals surface area (Å²) in [7, 11) is 0. The molecule has 0 aliphatic rings. The van der Waals surface area contributed by atoms with E-state index in [1.54, 1.807) is 12.1 Å². The Labute approximate surface area is 178 Å². The first-order valence-corrected chi connectivity index (χ1v) is 10.2. The van der Waals surface area contributed by atoms with Gasteiger partial charge in [0.05, 0.1) is 11.6 Å². The second kappa shape index (κ2) is 10.2.